The van der Waals surface area contributed by atoms with Crippen LogP contribution in [-0.2, 0) is 14.2 Å². The fourth-order valence-electron chi connectivity index (χ4n) is 2.11. The maximum atomic E-state index is 12.2. The largest absolute Gasteiger partial charge is 0.533 e. The number of quaternary nitrogens is 1. The lowest BCUT2D eigenvalue weighted by Crippen LogP contribution is -2.50. The summed E-state index contributed by atoms with van der Waals surface area (Å²) in [6, 6.07) is 0. The quantitative estimate of drug-likeness (QED) is 0.747. The van der Waals surface area contributed by atoms with Gasteiger partial charge in [0, 0.05) is 19.8 Å². The normalized spacial score (nSPS) is 21.2. The van der Waals surface area contributed by atoms with Gasteiger partial charge in [-0.15, -0.1) is 0 Å². The van der Waals surface area contributed by atoms with Crippen LogP contribution in [-0.4, -0.2) is 43.4 Å². The summed E-state index contributed by atoms with van der Waals surface area (Å²) in [6.07, 6.45) is 1.24. The minimum Gasteiger partial charge on any atom is -0.288 e. The monoisotopic (exact) mass is 282 g/mol. The van der Waals surface area contributed by atoms with E-state index in [4.69, 9.17) is 0 Å². The Labute approximate surface area is 104 Å². The van der Waals surface area contributed by atoms with Crippen LogP contribution in [0, 0.1) is 0 Å². The molecule has 1 heterocycles. The lowest BCUT2D eigenvalue weighted by atomic mass is 10.4. The average molecular weight is 282 g/mol. The van der Waals surface area contributed by atoms with Gasteiger partial charge >= 0.3 is 13.7 Å². The molecule has 0 radical (unpaired) electrons. The van der Waals surface area contributed by atoms with E-state index in [0.717, 1.165) is 11.8 Å². The first-order valence-electron chi connectivity index (χ1n) is 5.35. The summed E-state index contributed by atoms with van der Waals surface area (Å²) < 4.78 is 10.7. The highest BCUT2D eigenvalue weighted by molar-refractivity contribution is 8.14. The molecule has 8 heteroatoms. The van der Waals surface area contributed by atoms with Gasteiger partial charge in [0.1, 0.15) is 5.25 Å². The van der Waals surface area contributed by atoms with E-state index in [1.807, 2.05) is 0 Å². The summed E-state index contributed by atoms with van der Waals surface area (Å²) in [5.74, 6) is -0.545. The Kier molecular flexibility index (Phi) is 4.54. The van der Waals surface area contributed by atoms with Crippen molar-refractivity contribution in [2.45, 2.75) is 31.9 Å². The Morgan fingerprint density at radius 2 is 1.76 bits per heavy atom. The number of carbonyl (C=O) groups excluding carboxylic acids is 2. The van der Waals surface area contributed by atoms with Gasteiger partial charge in [-0.1, -0.05) is 11.8 Å². The molecule has 2 N–H and O–H groups in total. The topological polar surface area (TPSA) is 91.7 Å². The standard InChI is InChI=1S/C9H16NO5PS/c1-7(17-8(2)11)9(12)10(16(13,14)15)5-3-4-6-10/h7H,3-6H2,1-2H3,(H-,13,14,15)/p+1. The summed E-state index contributed by atoms with van der Waals surface area (Å²) in [5.41, 5.74) is 0. The molecule has 6 nitrogen and oxygen atoms in total. The molecule has 1 aliphatic rings. The minimum absolute atomic E-state index is 0.159. The van der Waals surface area contributed by atoms with Gasteiger partial charge in [0.25, 0.3) is 0 Å². The molecular formula is C9H17NO5PS+. The number of carbonyl (C=O) groups is 2. The molecule has 0 bridgehead atoms. The van der Waals surface area contributed by atoms with Crippen molar-refractivity contribution in [3.63, 3.8) is 0 Å². The van der Waals surface area contributed by atoms with Crippen LogP contribution in [0.5, 0.6) is 0 Å². The predicted molar refractivity (Wildman–Crippen MR) is 64.0 cm³/mol. The summed E-state index contributed by atoms with van der Waals surface area (Å²) in [6.45, 7) is 3.17. The first-order chi connectivity index (χ1) is 7.71. The smallest absolute Gasteiger partial charge is 0.288 e. The molecule has 1 aliphatic heterocycles. The summed E-state index contributed by atoms with van der Waals surface area (Å²) in [5, 5.41) is -0.952. The Bertz CT molecular complexity index is 374. The summed E-state index contributed by atoms with van der Waals surface area (Å²) in [4.78, 5) is 41.9. The zero-order valence-corrected chi connectivity index (χ0v) is 11.5. The predicted octanol–water partition coefficient (Wildman–Crippen LogP) is 0.884. The van der Waals surface area contributed by atoms with Gasteiger partial charge in [-0.3, -0.25) is 14.6 Å². The van der Waals surface area contributed by atoms with Crippen LogP contribution in [0.1, 0.15) is 26.7 Å². The zero-order chi connectivity index (χ0) is 13.3. The van der Waals surface area contributed by atoms with E-state index in [-0.39, 0.29) is 18.2 Å². The number of likely N-dealkylation sites (tertiary alicyclic amines) is 1. The van der Waals surface area contributed by atoms with Crippen LogP contribution >= 0.6 is 19.5 Å². The van der Waals surface area contributed by atoms with Gasteiger partial charge < -0.3 is 0 Å². The molecule has 0 aromatic rings. The van der Waals surface area contributed by atoms with Crippen molar-refractivity contribution in [1.82, 2.24) is 0 Å². The third-order valence-electron chi connectivity index (χ3n) is 2.91. The average Bonchev–Trinajstić information content (AvgIpc) is 2.63. The molecule has 98 valence electrons. The maximum Gasteiger partial charge on any atom is 0.533 e. The number of rotatable bonds is 3. The molecule has 0 aromatic carbocycles. The Hall–Kier alpha value is -0.200. The van der Waals surface area contributed by atoms with Gasteiger partial charge in [0.15, 0.2) is 5.12 Å². The molecule has 0 aliphatic carbocycles. The van der Waals surface area contributed by atoms with Crippen molar-refractivity contribution in [3.05, 3.63) is 0 Å². The van der Waals surface area contributed by atoms with E-state index in [2.05, 4.69) is 0 Å². The minimum atomic E-state index is -4.53. The first-order valence-corrected chi connectivity index (χ1v) is 7.80. The molecule has 0 spiro atoms. The van der Waals surface area contributed by atoms with Crippen LogP contribution in [0.2, 0.25) is 0 Å². The first kappa shape index (κ1) is 14.9. The molecule has 0 saturated carbocycles. The fourth-order valence-corrected chi connectivity index (χ4v) is 4.22. The molecule has 1 rings (SSSR count). The number of amides is 1. The molecule has 1 fully saturated rings. The van der Waals surface area contributed by atoms with Crippen molar-refractivity contribution in [2.75, 3.05) is 13.1 Å². The number of nitrogens with zero attached hydrogens (tertiary/aromatic N) is 1. The van der Waals surface area contributed by atoms with Crippen molar-refractivity contribution in [3.8, 4) is 0 Å². The summed E-state index contributed by atoms with van der Waals surface area (Å²) in [7, 11) is -4.53. The second-order valence-corrected chi connectivity index (χ2v) is 7.49. The Balaban J connectivity index is 2.97. The molecule has 0 aromatic heterocycles. The van der Waals surface area contributed by atoms with Crippen LogP contribution in [0.25, 0.3) is 0 Å². The second kappa shape index (κ2) is 5.20. The van der Waals surface area contributed by atoms with Gasteiger partial charge in [-0.2, -0.15) is 4.25 Å². The van der Waals surface area contributed by atoms with Gasteiger partial charge in [0.05, 0.1) is 13.1 Å². The molecule has 1 amide bonds. The highest BCUT2D eigenvalue weighted by atomic mass is 32.2. The van der Waals surface area contributed by atoms with Crippen LogP contribution in [0.15, 0.2) is 0 Å². The molecule has 1 unspecified atom stereocenters. The third kappa shape index (κ3) is 2.98. The Morgan fingerprint density at radius 3 is 2.12 bits per heavy atom. The molecule has 17 heavy (non-hydrogen) atoms. The van der Waals surface area contributed by atoms with Crippen molar-refractivity contribution in [2.24, 2.45) is 0 Å². The third-order valence-corrected chi connectivity index (χ3v) is 5.39. The number of thioether (sulfide) groups is 1. The highest BCUT2D eigenvalue weighted by Crippen LogP contribution is 2.52. The van der Waals surface area contributed by atoms with Gasteiger partial charge in [0.2, 0.25) is 0 Å². The van der Waals surface area contributed by atoms with E-state index in [1.54, 1.807) is 0 Å². The number of hydrogen-bond donors (Lipinski definition) is 2. The van der Waals surface area contributed by atoms with E-state index >= 15 is 0 Å². The fraction of sp³-hybridized carbons (Fsp3) is 0.778. The van der Waals surface area contributed by atoms with E-state index in [0.29, 0.717) is 12.8 Å². The van der Waals surface area contributed by atoms with E-state index < -0.39 is 23.2 Å². The van der Waals surface area contributed by atoms with Crippen molar-refractivity contribution in [1.29, 1.82) is 0 Å². The molecule has 1 saturated heterocycles. The van der Waals surface area contributed by atoms with Crippen LogP contribution in [0.4, 0.5) is 0 Å². The lowest BCUT2D eigenvalue weighted by Gasteiger charge is -2.32. The Morgan fingerprint density at radius 1 is 1.29 bits per heavy atom. The number of hydrogen-bond acceptors (Lipinski definition) is 4. The molecular weight excluding hydrogens is 265 g/mol. The van der Waals surface area contributed by atoms with Gasteiger partial charge in [-0.05, 0) is 6.92 Å². The van der Waals surface area contributed by atoms with Crippen LogP contribution < -0.4 is 0 Å². The van der Waals surface area contributed by atoms with Crippen LogP contribution in [0.3, 0.4) is 0 Å². The highest BCUT2D eigenvalue weighted by Gasteiger charge is 2.55. The lowest BCUT2D eigenvalue weighted by molar-refractivity contribution is -0.732. The van der Waals surface area contributed by atoms with E-state index in [9.17, 15) is 23.9 Å². The maximum absolute atomic E-state index is 12.2. The van der Waals surface area contributed by atoms with Crippen molar-refractivity contribution >= 4 is 30.5 Å². The zero-order valence-electron chi connectivity index (χ0n) is 9.83. The van der Waals surface area contributed by atoms with Crippen molar-refractivity contribution < 1.29 is 28.2 Å². The SMILES string of the molecule is CC(=O)SC(C)C(=O)[N+]1(P(=O)(O)O)CCCC1. The second-order valence-electron chi connectivity index (χ2n) is 4.18. The van der Waals surface area contributed by atoms with E-state index in [1.165, 1.54) is 13.8 Å². The van der Waals surface area contributed by atoms with Gasteiger partial charge in [-0.25, -0.2) is 9.36 Å². The molecule has 1 atom stereocenters. The summed E-state index contributed by atoms with van der Waals surface area (Å²) >= 11 is 0.817.